The number of halogens is 1. The molecule has 1 heterocycles. The van der Waals surface area contributed by atoms with E-state index in [2.05, 4.69) is 32.0 Å². The fourth-order valence-electron chi connectivity index (χ4n) is 1.24. The van der Waals surface area contributed by atoms with Gasteiger partial charge in [-0.2, -0.15) is 0 Å². The molecule has 5 heteroatoms. The summed E-state index contributed by atoms with van der Waals surface area (Å²) in [4.78, 5) is 9.54. The summed E-state index contributed by atoms with van der Waals surface area (Å²) >= 11 is 5.18. The van der Waals surface area contributed by atoms with Crippen LogP contribution >= 0.6 is 27.7 Å². The van der Waals surface area contributed by atoms with Gasteiger partial charge in [0.1, 0.15) is 5.82 Å². The molecular formula is C12H11BrN2OS. The summed E-state index contributed by atoms with van der Waals surface area (Å²) in [5.41, 5.74) is 0.736. The molecule has 17 heavy (non-hydrogen) atoms. The van der Waals surface area contributed by atoms with Gasteiger partial charge in [0.2, 0.25) is 0 Å². The average molecular weight is 311 g/mol. The molecule has 1 aromatic heterocycles. The molecule has 0 bridgehead atoms. The summed E-state index contributed by atoms with van der Waals surface area (Å²) in [5.74, 6) is 1.48. The molecule has 0 aliphatic rings. The van der Waals surface area contributed by atoms with E-state index < -0.39 is 0 Å². The van der Waals surface area contributed by atoms with E-state index in [4.69, 9.17) is 5.11 Å². The zero-order valence-corrected chi connectivity index (χ0v) is 11.4. The van der Waals surface area contributed by atoms with Crippen molar-refractivity contribution in [2.45, 2.75) is 17.3 Å². The third-order valence-corrected chi connectivity index (χ3v) is 4.16. The van der Waals surface area contributed by atoms with Crippen LogP contribution in [0.4, 0.5) is 0 Å². The first-order chi connectivity index (χ1) is 8.29. The van der Waals surface area contributed by atoms with Gasteiger partial charge in [-0.25, -0.2) is 9.97 Å². The van der Waals surface area contributed by atoms with Crippen LogP contribution in [0.5, 0.6) is 0 Å². The Bertz CT molecular complexity index is 490. The lowest BCUT2D eigenvalue weighted by atomic mass is 10.4. The quantitative estimate of drug-likeness (QED) is 0.882. The van der Waals surface area contributed by atoms with Gasteiger partial charge in [-0.3, -0.25) is 0 Å². The van der Waals surface area contributed by atoms with Crippen molar-refractivity contribution in [3.05, 3.63) is 52.5 Å². The van der Waals surface area contributed by atoms with Crippen molar-refractivity contribution in [1.82, 2.24) is 9.97 Å². The maximum absolute atomic E-state index is 8.88. The summed E-state index contributed by atoms with van der Waals surface area (Å²) in [6.45, 7) is -0.0162. The van der Waals surface area contributed by atoms with Gasteiger partial charge in [0.15, 0.2) is 0 Å². The van der Waals surface area contributed by atoms with Crippen LogP contribution in [-0.4, -0.2) is 15.1 Å². The lowest BCUT2D eigenvalue weighted by Gasteiger charge is -2.03. The highest BCUT2D eigenvalue weighted by Crippen LogP contribution is 2.28. The number of hydrogen-bond acceptors (Lipinski definition) is 4. The SMILES string of the molecule is OCc1cnc(CSc2ccccc2Br)nc1. The minimum atomic E-state index is -0.0162. The zero-order chi connectivity index (χ0) is 12.1. The maximum Gasteiger partial charge on any atom is 0.138 e. The molecule has 0 saturated heterocycles. The van der Waals surface area contributed by atoms with Crippen molar-refractivity contribution in [3.63, 3.8) is 0 Å². The molecule has 0 spiro atoms. The topological polar surface area (TPSA) is 46.0 Å². The molecule has 0 atom stereocenters. The molecule has 0 radical (unpaired) electrons. The van der Waals surface area contributed by atoms with Gasteiger partial charge in [0, 0.05) is 27.3 Å². The second kappa shape index (κ2) is 6.14. The highest BCUT2D eigenvalue weighted by molar-refractivity contribution is 9.10. The molecule has 0 aliphatic heterocycles. The molecular weight excluding hydrogens is 300 g/mol. The summed E-state index contributed by atoms with van der Waals surface area (Å²) in [6.07, 6.45) is 3.31. The van der Waals surface area contributed by atoms with Crippen LogP contribution < -0.4 is 0 Å². The molecule has 0 fully saturated rings. The third kappa shape index (κ3) is 3.52. The predicted octanol–water partition coefficient (Wildman–Crippen LogP) is 3.02. The smallest absolute Gasteiger partial charge is 0.138 e. The Morgan fingerprint density at radius 3 is 2.53 bits per heavy atom. The first kappa shape index (κ1) is 12.5. The van der Waals surface area contributed by atoms with Crippen molar-refractivity contribution in [1.29, 1.82) is 0 Å². The monoisotopic (exact) mass is 310 g/mol. The molecule has 1 aromatic carbocycles. The number of rotatable bonds is 4. The Morgan fingerprint density at radius 2 is 1.88 bits per heavy atom. The van der Waals surface area contributed by atoms with Crippen LogP contribution in [0, 0.1) is 0 Å². The molecule has 1 N–H and O–H groups in total. The van der Waals surface area contributed by atoms with E-state index in [1.54, 1.807) is 24.2 Å². The highest BCUT2D eigenvalue weighted by atomic mass is 79.9. The third-order valence-electron chi connectivity index (χ3n) is 2.13. The highest BCUT2D eigenvalue weighted by Gasteiger charge is 2.02. The van der Waals surface area contributed by atoms with E-state index in [9.17, 15) is 0 Å². The second-order valence-corrected chi connectivity index (χ2v) is 5.26. The molecule has 0 aliphatic carbocycles. The van der Waals surface area contributed by atoms with Crippen LogP contribution in [0.15, 0.2) is 46.0 Å². The van der Waals surface area contributed by atoms with Gasteiger partial charge in [-0.15, -0.1) is 11.8 Å². The molecule has 3 nitrogen and oxygen atoms in total. The van der Waals surface area contributed by atoms with Gasteiger partial charge in [-0.1, -0.05) is 12.1 Å². The number of aromatic nitrogens is 2. The normalized spacial score (nSPS) is 10.5. The van der Waals surface area contributed by atoms with Crippen molar-refractivity contribution in [2.75, 3.05) is 0 Å². The van der Waals surface area contributed by atoms with Gasteiger partial charge in [0.25, 0.3) is 0 Å². The number of aliphatic hydroxyl groups is 1. The van der Waals surface area contributed by atoms with Crippen molar-refractivity contribution < 1.29 is 5.11 Å². The second-order valence-electron chi connectivity index (χ2n) is 3.38. The lowest BCUT2D eigenvalue weighted by molar-refractivity contribution is 0.281. The Kier molecular flexibility index (Phi) is 4.53. The standard InChI is InChI=1S/C12H11BrN2OS/c13-10-3-1-2-4-11(10)17-8-12-14-5-9(7-16)6-15-12/h1-6,16H,7-8H2. The number of hydrogen-bond donors (Lipinski definition) is 1. The number of benzene rings is 1. The summed E-state index contributed by atoms with van der Waals surface area (Å²) in [6, 6.07) is 8.05. The van der Waals surface area contributed by atoms with Crippen LogP contribution in [-0.2, 0) is 12.4 Å². The Labute approximate surface area is 112 Å². The van der Waals surface area contributed by atoms with Gasteiger partial charge < -0.3 is 5.11 Å². The largest absolute Gasteiger partial charge is 0.392 e. The minimum absolute atomic E-state index is 0.0162. The van der Waals surface area contributed by atoms with Crippen LogP contribution in [0.25, 0.3) is 0 Å². The van der Waals surface area contributed by atoms with E-state index in [1.165, 1.54) is 4.90 Å². The Balaban J connectivity index is 2.00. The molecule has 2 aromatic rings. The van der Waals surface area contributed by atoms with Crippen LogP contribution in [0.1, 0.15) is 11.4 Å². The fraction of sp³-hybridized carbons (Fsp3) is 0.167. The molecule has 2 rings (SSSR count). The first-order valence-electron chi connectivity index (χ1n) is 5.07. The van der Waals surface area contributed by atoms with Crippen molar-refractivity contribution in [3.8, 4) is 0 Å². The predicted molar refractivity (Wildman–Crippen MR) is 71.7 cm³/mol. The van der Waals surface area contributed by atoms with Crippen molar-refractivity contribution >= 4 is 27.7 Å². The summed E-state index contributed by atoms with van der Waals surface area (Å²) in [7, 11) is 0. The van der Waals surface area contributed by atoms with Gasteiger partial charge in [0.05, 0.1) is 12.4 Å². The average Bonchev–Trinajstić information content (AvgIpc) is 2.38. The minimum Gasteiger partial charge on any atom is -0.392 e. The van der Waals surface area contributed by atoms with Crippen LogP contribution in [0.2, 0.25) is 0 Å². The first-order valence-corrected chi connectivity index (χ1v) is 6.85. The number of aliphatic hydroxyl groups excluding tert-OH is 1. The molecule has 0 amide bonds. The maximum atomic E-state index is 8.88. The zero-order valence-electron chi connectivity index (χ0n) is 9.01. The summed E-state index contributed by atoms with van der Waals surface area (Å²) < 4.78 is 1.08. The van der Waals surface area contributed by atoms with E-state index in [1.807, 2.05) is 18.2 Å². The van der Waals surface area contributed by atoms with Gasteiger partial charge in [-0.05, 0) is 28.1 Å². The van der Waals surface area contributed by atoms with Gasteiger partial charge >= 0.3 is 0 Å². The molecule has 88 valence electrons. The van der Waals surface area contributed by atoms with E-state index in [-0.39, 0.29) is 6.61 Å². The van der Waals surface area contributed by atoms with E-state index in [0.717, 1.165) is 15.9 Å². The Hall–Kier alpha value is -0.910. The lowest BCUT2D eigenvalue weighted by Crippen LogP contribution is -1.94. The number of thioether (sulfide) groups is 1. The molecule has 0 unspecified atom stereocenters. The Morgan fingerprint density at radius 1 is 1.18 bits per heavy atom. The molecule has 0 saturated carbocycles. The number of nitrogens with zero attached hydrogens (tertiary/aromatic N) is 2. The van der Waals surface area contributed by atoms with E-state index in [0.29, 0.717) is 5.75 Å². The summed E-state index contributed by atoms with van der Waals surface area (Å²) in [5, 5.41) is 8.88. The van der Waals surface area contributed by atoms with Crippen LogP contribution in [0.3, 0.4) is 0 Å². The van der Waals surface area contributed by atoms with E-state index >= 15 is 0 Å². The fourth-order valence-corrected chi connectivity index (χ4v) is 2.68. The van der Waals surface area contributed by atoms with Crippen molar-refractivity contribution in [2.24, 2.45) is 0 Å².